The molecule has 1 aromatic carbocycles. The summed E-state index contributed by atoms with van der Waals surface area (Å²) in [5.74, 6) is 0.754. The largest absolute Gasteiger partial charge is 0.384 e. The summed E-state index contributed by atoms with van der Waals surface area (Å²) in [4.78, 5) is 7.01. The highest BCUT2D eigenvalue weighted by Gasteiger charge is 2.29. The molecule has 0 saturated heterocycles. The van der Waals surface area contributed by atoms with Gasteiger partial charge in [0.25, 0.3) is 0 Å². The van der Waals surface area contributed by atoms with Gasteiger partial charge < -0.3 is 15.7 Å². The second-order valence-corrected chi connectivity index (χ2v) is 6.96. The highest BCUT2D eigenvalue weighted by Crippen LogP contribution is 2.26. The molecule has 1 aliphatic carbocycles. The van der Waals surface area contributed by atoms with Crippen LogP contribution in [0, 0.1) is 0 Å². The van der Waals surface area contributed by atoms with Crippen LogP contribution in [0.5, 0.6) is 0 Å². The van der Waals surface area contributed by atoms with Crippen LogP contribution < -0.4 is 10.6 Å². The zero-order chi connectivity index (χ0) is 17.6. The van der Waals surface area contributed by atoms with Gasteiger partial charge in [0.2, 0.25) is 0 Å². The van der Waals surface area contributed by atoms with E-state index < -0.39 is 5.60 Å². The molecule has 0 aromatic heterocycles. The van der Waals surface area contributed by atoms with E-state index in [0.29, 0.717) is 12.6 Å². The van der Waals surface area contributed by atoms with Gasteiger partial charge in [0, 0.05) is 25.2 Å². The molecule has 0 aliphatic heterocycles. The predicted molar refractivity (Wildman–Crippen MR) is 116 cm³/mol. The minimum atomic E-state index is -0.972. The van der Waals surface area contributed by atoms with E-state index in [1.165, 1.54) is 12.8 Å². The van der Waals surface area contributed by atoms with Crippen molar-refractivity contribution in [1.82, 2.24) is 15.5 Å². The number of benzene rings is 1. The Morgan fingerprint density at radius 1 is 1.32 bits per heavy atom. The van der Waals surface area contributed by atoms with Gasteiger partial charge in [0.15, 0.2) is 5.96 Å². The van der Waals surface area contributed by atoms with E-state index in [2.05, 4.69) is 34.5 Å². The third kappa shape index (κ3) is 7.11. The average Bonchev–Trinajstić information content (AvgIpc) is 3.42. The molecule has 6 heteroatoms. The fourth-order valence-electron chi connectivity index (χ4n) is 2.69. The van der Waals surface area contributed by atoms with Crippen LogP contribution in [0.4, 0.5) is 0 Å². The molecule has 2 rings (SSSR count). The van der Waals surface area contributed by atoms with Crippen LogP contribution >= 0.6 is 24.0 Å². The Hall–Kier alpha value is -0.860. The van der Waals surface area contributed by atoms with Gasteiger partial charge in [-0.15, -0.1) is 24.0 Å². The third-order valence-electron chi connectivity index (χ3n) is 4.67. The Morgan fingerprint density at radius 2 is 1.96 bits per heavy atom. The SMILES string of the molecule is CCNC(=NCC(C)(O)c1ccccc1)NCC(C)N(C)C1CC1.I. The second-order valence-electron chi connectivity index (χ2n) is 6.96. The van der Waals surface area contributed by atoms with Crippen molar-refractivity contribution in [1.29, 1.82) is 0 Å². The first-order valence-corrected chi connectivity index (χ1v) is 8.96. The van der Waals surface area contributed by atoms with Crippen molar-refractivity contribution in [3.63, 3.8) is 0 Å². The maximum Gasteiger partial charge on any atom is 0.191 e. The lowest BCUT2D eigenvalue weighted by Crippen LogP contribution is -2.46. The topological polar surface area (TPSA) is 59.9 Å². The molecule has 25 heavy (non-hydrogen) atoms. The molecule has 0 heterocycles. The molecule has 0 bridgehead atoms. The monoisotopic (exact) mass is 460 g/mol. The lowest BCUT2D eigenvalue weighted by atomic mass is 9.96. The number of hydrogen-bond acceptors (Lipinski definition) is 3. The van der Waals surface area contributed by atoms with Crippen LogP contribution in [0.2, 0.25) is 0 Å². The summed E-state index contributed by atoms with van der Waals surface area (Å²) in [6, 6.07) is 10.9. The minimum Gasteiger partial charge on any atom is -0.384 e. The molecule has 1 saturated carbocycles. The lowest BCUT2D eigenvalue weighted by Gasteiger charge is -2.26. The molecule has 2 atom stereocenters. The molecule has 2 unspecified atom stereocenters. The Bertz CT molecular complexity index is 531. The number of nitrogens with zero attached hydrogens (tertiary/aromatic N) is 2. The molecule has 3 N–H and O–H groups in total. The van der Waals surface area contributed by atoms with Crippen molar-refractivity contribution in [2.75, 3.05) is 26.7 Å². The number of rotatable bonds is 8. The fraction of sp³-hybridized carbons (Fsp3) is 0.632. The quantitative estimate of drug-likeness (QED) is 0.317. The van der Waals surface area contributed by atoms with Gasteiger partial charge in [-0.2, -0.15) is 0 Å². The molecule has 0 radical (unpaired) electrons. The summed E-state index contributed by atoms with van der Waals surface area (Å²) >= 11 is 0. The Labute approximate surface area is 169 Å². The first kappa shape index (κ1) is 22.2. The molecule has 0 spiro atoms. The van der Waals surface area contributed by atoms with Gasteiger partial charge in [-0.05, 0) is 46.2 Å². The van der Waals surface area contributed by atoms with Gasteiger partial charge in [0.05, 0.1) is 6.54 Å². The molecular weight excluding hydrogens is 427 g/mol. The molecule has 1 aromatic rings. The summed E-state index contributed by atoms with van der Waals surface area (Å²) in [6.45, 7) is 8.04. The number of aliphatic hydroxyl groups is 1. The van der Waals surface area contributed by atoms with Gasteiger partial charge in [0.1, 0.15) is 5.60 Å². The molecule has 1 fully saturated rings. The molecule has 142 valence electrons. The first-order chi connectivity index (χ1) is 11.4. The average molecular weight is 460 g/mol. The number of likely N-dealkylation sites (N-methyl/N-ethyl adjacent to an activating group) is 1. The van der Waals surface area contributed by atoms with Crippen molar-refractivity contribution in [3.8, 4) is 0 Å². The van der Waals surface area contributed by atoms with Crippen LogP contribution in [-0.2, 0) is 5.60 Å². The standard InChI is InChI=1S/C19H32N4O.HI/c1-5-20-18(21-13-15(2)23(4)17-11-12-17)22-14-19(3,24)16-9-7-6-8-10-16;/h6-10,15,17,24H,5,11-14H2,1-4H3,(H2,20,21,22);1H. The smallest absolute Gasteiger partial charge is 0.191 e. The number of nitrogens with one attached hydrogen (secondary N) is 2. The van der Waals surface area contributed by atoms with E-state index in [9.17, 15) is 5.11 Å². The number of hydrogen-bond donors (Lipinski definition) is 3. The van der Waals surface area contributed by atoms with Crippen LogP contribution in [-0.4, -0.2) is 54.7 Å². The van der Waals surface area contributed by atoms with E-state index in [1.54, 1.807) is 6.92 Å². The van der Waals surface area contributed by atoms with Crippen LogP contribution in [0.1, 0.15) is 39.2 Å². The van der Waals surface area contributed by atoms with Crippen molar-refractivity contribution in [2.45, 2.75) is 51.3 Å². The Morgan fingerprint density at radius 3 is 2.52 bits per heavy atom. The maximum atomic E-state index is 10.7. The lowest BCUT2D eigenvalue weighted by molar-refractivity contribution is 0.0672. The Kier molecular flexibility index (Phi) is 9.16. The summed E-state index contributed by atoms with van der Waals surface area (Å²) in [6.07, 6.45) is 2.63. The van der Waals surface area contributed by atoms with Gasteiger partial charge in [-0.1, -0.05) is 30.3 Å². The van der Waals surface area contributed by atoms with E-state index >= 15 is 0 Å². The summed E-state index contributed by atoms with van der Waals surface area (Å²) in [5, 5.41) is 17.3. The van der Waals surface area contributed by atoms with Gasteiger partial charge in [-0.25, -0.2) is 4.99 Å². The van der Waals surface area contributed by atoms with E-state index in [-0.39, 0.29) is 24.0 Å². The number of halogens is 1. The van der Waals surface area contributed by atoms with Crippen molar-refractivity contribution < 1.29 is 5.11 Å². The number of guanidine groups is 1. The molecule has 5 nitrogen and oxygen atoms in total. The van der Waals surface area contributed by atoms with Crippen LogP contribution in [0.3, 0.4) is 0 Å². The molecule has 0 amide bonds. The highest BCUT2D eigenvalue weighted by atomic mass is 127. The normalized spacial score (nSPS) is 18.2. The minimum absolute atomic E-state index is 0. The van der Waals surface area contributed by atoms with Crippen LogP contribution in [0.15, 0.2) is 35.3 Å². The second kappa shape index (κ2) is 10.3. The zero-order valence-electron chi connectivity index (χ0n) is 15.8. The van der Waals surface area contributed by atoms with E-state index in [4.69, 9.17) is 0 Å². The van der Waals surface area contributed by atoms with Crippen molar-refractivity contribution >= 4 is 29.9 Å². The van der Waals surface area contributed by atoms with Crippen molar-refractivity contribution in [2.24, 2.45) is 4.99 Å². The Balaban J connectivity index is 0.00000312. The van der Waals surface area contributed by atoms with E-state index in [1.807, 2.05) is 37.3 Å². The van der Waals surface area contributed by atoms with Gasteiger partial charge in [-0.3, -0.25) is 4.90 Å². The first-order valence-electron chi connectivity index (χ1n) is 8.96. The molecular formula is C19H33IN4O. The van der Waals surface area contributed by atoms with E-state index in [0.717, 1.165) is 30.7 Å². The van der Waals surface area contributed by atoms with Gasteiger partial charge >= 0.3 is 0 Å². The van der Waals surface area contributed by atoms with Crippen molar-refractivity contribution in [3.05, 3.63) is 35.9 Å². The summed E-state index contributed by atoms with van der Waals surface area (Å²) in [5.41, 5.74) is -0.0912. The van der Waals surface area contributed by atoms with Crippen LogP contribution in [0.25, 0.3) is 0 Å². The zero-order valence-corrected chi connectivity index (χ0v) is 18.2. The third-order valence-corrected chi connectivity index (χ3v) is 4.67. The maximum absolute atomic E-state index is 10.7. The highest BCUT2D eigenvalue weighted by molar-refractivity contribution is 14.0. The number of aliphatic imine (C=N–C) groups is 1. The fourth-order valence-corrected chi connectivity index (χ4v) is 2.69. The summed E-state index contributed by atoms with van der Waals surface area (Å²) < 4.78 is 0. The predicted octanol–water partition coefficient (Wildman–Crippen LogP) is 2.55. The molecule has 1 aliphatic rings. The summed E-state index contributed by atoms with van der Waals surface area (Å²) in [7, 11) is 2.19.